The van der Waals surface area contributed by atoms with E-state index in [0.29, 0.717) is 6.54 Å². The molecule has 0 aliphatic rings. The lowest BCUT2D eigenvalue weighted by Gasteiger charge is -2.09. The van der Waals surface area contributed by atoms with Gasteiger partial charge in [-0.15, -0.1) is 0 Å². The van der Waals surface area contributed by atoms with Crippen LogP contribution in [0.5, 0.6) is 5.75 Å². The second-order valence-electron chi connectivity index (χ2n) is 6.72. The van der Waals surface area contributed by atoms with Crippen LogP contribution in [0, 0.1) is 6.92 Å². The first kappa shape index (κ1) is 19.7. The number of hydrogen-bond acceptors (Lipinski definition) is 4. The number of methoxy groups -OCH3 is 1. The molecule has 0 aliphatic carbocycles. The minimum absolute atomic E-state index is 0.150. The zero-order valence-corrected chi connectivity index (χ0v) is 16.5. The van der Waals surface area contributed by atoms with Crippen LogP contribution in [0.2, 0.25) is 0 Å². The van der Waals surface area contributed by atoms with Crippen molar-refractivity contribution in [2.45, 2.75) is 33.2 Å². The summed E-state index contributed by atoms with van der Waals surface area (Å²) in [4.78, 5) is 24.1. The third-order valence-electron chi connectivity index (χ3n) is 4.87. The van der Waals surface area contributed by atoms with Crippen molar-refractivity contribution in [2.24, 2.45) is 0 Å². The third kappa shape index (κ3) is 4.25. The van der Waals surface area contributed by atoms with Gasteiger partial charge in [0.15, 0.2) is 0 Å². The Kier molecular flexibility index (Phi) is 6.14. The zero-order valence-electron chi connectivity index (χ0n) is 16.5. The fraction of sp³-hybridized carbons (Fsp3) is 0.304. The maximum atomic E-state index is 12.5. The molecule has 5 heteroatoms. The maximum absolute atomic E-state index is 12.5. The van der Waals surface area contributed by atoms with E-state index >= 15 is 0 Å². The summed E-state index contributed by atoms with van der Waals surface area (Å²) in [7, 11) is 1.63. The van der Waals surface area contributed by atoms with E-state index in [2.05, 4.69) is 16.7 Å². The van der Waals surface area contributed by atoms with E-state index in [4.69, 9.17) is 9.47 Å². The number of aromatic nitrogens is 1. The molecule has 1 aromatic heterocycles. The first-order valence-corrected chi connectivity index (χ1v) is 9.40. The van der Waals surface area contributed by atoms with Gasteiger partial charge in [0.05, 0.1) is 13.7 Å². The van der Waals surface area contributed by atoms with E-state index in [1.165, 1.54) is 5.56 Å². The van der Waals surface area contributed by atoms with Gasteiger partial charge in [-0.1, -0.05) is 30.3 Å². The van der Waals surface area contributed by atoms with Crippen molar-refractivity contribution in [1.29, 1.82) is 0 Å². The number of hydrogen-bond donors (Lipinski definition) is 0. The molecule has 3 aromatic rings. The Balaban J connectivity index is 1.99. The first-order valence-electron chi connectivity index (χ1n) is 9.40. The summed E-state index contributed by atoms with van der Waals surface area (Å²) < 4.78 is 12.5. The van der Waals surface area contributed by atoms with Gasteiger partial charge in [-0.2, -0.15) is 0 Å². The second-order valence-corrected chi connectivity index (χ2v) is 6.72. The maximum Gasteiger partial charge on any atom is 0.313 e. The lowest BCUT2D eigenvalue weighted by molar-refractivity contribution is -0.145. The van der Waals surface area contributed by atoms with Crippen molar-refractivity contribution in [3.63, 3.8) is 0 Å². The topological polar surface area (TPSA) is 57.5 Å². The number of rotatable bonds is 8. The summed E-state index contributed by atoms with van der Waals surface area (Å²) in [5.41, 5.74) is 4.17. The summed E-state index contributed by atoms with van der Waals surface area (Å²) in [5.74, 6) is 0.113. The van der Waals surface area contributed by atoms with Crippen LogP contribution in [0.15, 0.2) is 48.5 Å². The highest BCUT2D eigenvalue weighted by molar-refractivity contribution is 5.99. The predicted molar refractivity (Wildman–Crippen MR) is 109 cm³/mol. The molecule has 0 saturated carbocycles. The molecule has 0 atom stereocenters. The molecule has 5 nitrogen and oxygen atoms in total. The van der Waals surface area contributed by atoms with Gasteiger partial charge < -0.3 is 14.0 Å². The van der Waals surface area contributed by atoms with Crippen molar-refractivity contribution >= 4 is 22.7 Å². The molecule has 0 spiro atoms. The third-order valence-corrected chi connectivity index (χ3v) is 4.87. The Labute approximate surface area is 164 Å². The average Bonchev–Trinajstić information content (AvgIpc) is 2.94. The molecule has 1 heterocycles. The van der Waals surface area contributed by atoms with Gasteiger partial charge in [-0.05, 0) is 43.2 Å². The fourth-order valence-corrected chi connectivity index (χ4v) is 3.48. The van der Waals surface area contributed by atoms with Gasteiger partial charge in [0, 0.05) is 29.6 Å². The highest BCUT2D eigenvalue weighted by Gasteiger charge is 2.19. The Morgan fingerprint density at radius 3 is 2.50 bits per heavy atom. The largest absolute Gasteiger partial charge is 0.497 e. The van der Waals surface area contributed by atoms with Crippen molar-refractivity contribution in [3.8, 4) is 5.75 Å². The number of nitrogens with zero attached hydrogens (tertiary/aromatic N) is 1. The number of fused-ring (bicyclic) bond motifs is 1. The molecule has 28 heavy (non-hydrogen) atoms. The van der Waals surface area contributed by atoms with Crippen LogP contribution in [-0.4, -0.2) is 30.0 Å². The molecule has 0 amide bonds. The molecule has 2 aromatic carbocycles. The summed E-state index contributed by atoms with van der Waals surface area (Å²) in [6.07, 6.45) is -0.0152. The number of benzene rings is 2. The number of carbonyl (C=O) groups excluding carboxylic acids is 2. The van der Waals surface area contributed by atoms with E-state index < -0.39 is 5.97 Å². The van der Waals surface area contributed by atoms with Crippen LogP contribution in [0.4, 0.5) is 0 Å². The molecule has 0 bridgehead atoms. The van der Waals surface area contributed by atoms with Crippen LogP contribution >= 0.6 is 0 Å². The highest BCUT2D eigenvalue weighted by Crippen LogP contribution is 2.31. The lowest BCUT2D eigenvalue weighted by atomic mass is 10.0. The molecule has 0 fully saturated rings. The minimum Gasteiger partial charge on any atom is -0.497 e. The minimum atomic E-state index is -0.476. The van der Waals surface area contributed by atoms with Gasteiger partial charge in [-0.3, -0.25) is 9.59 Å². The Bertz CT molecular complexity index is 989. The van der Waals surface area contributed by atoms with Crippen LogP contribution in [0.1, 0.15) is 30.2 Å². The van der Waals surface area contributed by atoms with Gasteiger partial charge in [0.1, 0.15) is 18.0 Å². The van der Waals surface area contributed by atoms with E-state index in [1.54, 1.807) is 14.0 Å². The first-order chi connectivity index (χ1) is 13.5. The SMILES string of the molecule is CCOC(=O)CC(=O)Cc1c(C)n(Cc2ccccc2)c2ccc(OC)cc12. The monoisotopic (exact) mass is 379 g/mol. The molecule has 0 unspecified atom stereocenters. The van der Waals surface area contributed by atoms with Crippen molar-refractivity contribution < 1.29 is 19.1 Å². The number of ketones is 1. The molecule has 146 valence electrons. The van der Waals surface area contributed by atoms with E-state index in [0.717, 1.165) is 27.9 Å². The van der Waals surface area contributed by atoms with Gasteiger partial charge in [0.25, 0.3) is 0 Å². The van der Waals surface area contributed by atoms with Crippen LogP contribution in [0.3, 0.4) is 0 Å². The van der Waals surface area contributed by atoms with Crippen LogP contribution in [-0.2, 0) is 27.3 Å². The molecule has 3 rings (SSSR count). The molecule has 0 radical (unpaired) electrons. The smallest absolute Gasteiger partial charge is 0.313 e. The number of Topliss-reactive ketones (excluding diaryl/α,β-unsaturated/α-hetero) is 1. The Hall–Kier alpha value is -3.08. The number of ether oxygens (including phenoxy) is 2. The summed E-state index contributed by atoms with van der Waals surface area (Å²) in [6.45, 7) is 4.73. The summed E-state index contributed by atoms with van der Waals surface area (Å²) >= 11 is 0. The quantitative estimate of drug-likeness (QED) is 0.437. The van der Waals surface area contributed by atoms with Gasteiger partial charge in [-0.25, -0.2) is 0 Å². The summed E-state index contributed by atoms with van der Waals surface area (Å²) in [5, 5.41) is 0.977. The summed E-state index contributed by atoms with van der Waals surface area (Å²) in [6, 6.07) is 16.1. The lowest BCUT2D eigenvalue weighted by Crippen LogP contribution is -2.13. The Morgan fingerprint density at radius 1 is 1.07 bits per heavy atom. The number of carbonyl (C=O) groups is 2. The highest BCUT2D eigenvalue weighted by atomic mass is 16.5. The predicted octanol–water partition coefficient (Wildman–Crippen LogP) is 4.07. The number of esters is 1. The van der Waals surface area contributed by atoms with Crippen molar-refractivity contribution in [1.82, 2.24) is 4.57 Å². The van der Waals surface area contributed by atoms with Crippen LogP contribution in [0.25, 0.3) is 10.9 Å². The van der Waals surface area contributed by atoms with E-state index in [9.17, 15) is 9.59 Å². The van der Waals surface area contributed by atoms with Crippen LogP contribution < -0.4 is 4.74 Å². The molecule has 0 aliphatic heterocycles. The molecule has 0 saturated heterocycles. The fourth-order valence-electron chi connectivity index (χ4n) is 3.48. The van der Waals surface area contributed by atoms with Crippen molar-refractivity contribution in [2.75, 3.05) is 13.7 Å². The van der Waals surface area contributed by atoms with Crippen molar-refractivity contribution in [3.05, 3.63) is 65.4 Å². The Morgan fingerprint density at radius 2 is 1.82 bits per heavy atom. The zero-order chi connectivity index (χ0) is 20.1. The van der Waals surface area contributed by atoms with Gasteiger partial charge >= 0.3 is 5.97 Å². The molecular formula is C23H25NO4. The van der Waals surface area contributed by atoms with E-state index in [1.807, 2.05) is 43.3 Å². The molecular weight excluding hydrogens is 354 g/mol. The standard InChI is InChI=1S/C23H25NO4/c1-4-28-23(26)13-18(25)12-20-16(2)24(15-17-8-6-5-7-9-17)22-11-10-19(27-3)14-21(20)22/h5-11,14H,4,12-13,15H2,1-3H3. The van der Waals surface area contributed by atoms with E-state index in [-0.39, 0.29) is 25.2 Å². The van der Waals surface area contributed by atoms with Gasteiger partial charge in [0.2, 0.25) is 0 Å². The normalized spacial score (nSPS) is 10.8. The average molecular weight is 379 g/mol. The molecule has 0 N–H and O–H groups in total. The second kappa shape index (κ2) is 8.74.